The Kier molecular flexibility index (Phi) is 13.7. The van der Waals surface area contributed by atoms with Crippen LogP contribution in [-0.4, -0.2) is 92.3 Å². The molecule has 0 aliphatic rings. The maximum absolute atomic E-state index is 13.1. The Morgan fingerprint density at radius 1 is 0.842 bits per heavy atom. The molecule has 0 bridgehead atoms. The molecule has 0 aliphatic carbocycles. The molecule has 0 unspecified atom stereocenters. The van der Waals surface area contributed by atoms with E-state index >= 15 is 0 Å². The average molecular weight is 574 g/mol. The molecule has 0 spiro atoms. The predicted octanol–water partition coefficient (Wildman–Crippen LogP) is -1.98. The Morgan fingerprint density at radius 2 is 1.42 bits per heavy atom. The fourth-order valence-corrected chi connectivity index (χ4v) is 3.68. The van der Waals surface area contributed by atoms with E-state index < -0.39 is 71.6 Å². The fraction of sp³-hybridized carbons (Fsp3) is 0.591. The van der Waals surface area contributed by atoms with E-state index in [-0.39, 0.29) is 17.9 Å². The number of nitrogens with zero attached hydrogens (tertiary/aromatic N) is 1. The molecule has 5 atom stereocenters. The molecule has 7 N–H and O–H groups in total. The van der Waals surface area contributed by atoms with Gasteiger partial charge in [-0.15, -0.1) is 0 Å². The van der Waals surface area contributed by atoms with Gasteiger partial charge in [0.25, 0.3) is 0 Å². The lowest BCUT2D eigenvalue weighted by Gasteiger charge is -2.26. The highest BCUT2D eigenvalue weighted by Crippen LogP contribution is 2.05. The molecule has 0 saturated heterocycles. The summed E-state index contributed by atoms with van der Waals surface area (Å²) in [7, 11) is 0. The SMILES string of the molecule is CC(=O)N[C@@H](CS)C(=O)N[C@@H](Cc1cnc[nH]1)C(=O)N[C@@H](C)C(=O)N[C@H](C(=O)N[C@@H](CS)C(=O)O)C(C)C. The van der Waals surface area contributed by atoms with Crippen molar-refractivity contribution in [3.8, 4) is 0 Å². The van der Waals surface area contributed by atoms with Crippen LogP contribution in [0.2, 0.25) is 0 Å². The number of hydrogen-bond acceptors (Lipinski definition) is 9. The summed E-state index contributed by atoms with van der Waals surface area (Å²) in [5.41, 5.74) is 0.526. The van der Waals surface area contributed by atoms with Gasteiger partial charge in [0, 0.05) is 36.7 Å². The van der Waals surface area contributed by atoms with Gasteiger partial charge in [-0.2, -0.15) is 25.3 Å². The van der Waals surface area contributed by atoms with Gasteiger partial charge in [0.2, 0.25) is 29.5 Å². The van der Waals surface area contributed by atoms with Crippen LogP contribution in [-0.2, 0) is 35.2 Å². The number of aromatic nitrogens is 2. The zero-order valence-electron chi connectivity index (χ0n) is 21.5. The van der Waals surface area contributed by atoms with E-state index in [1.807, 2.05) is 0 Å². The minimum atomic E-state index is -1.27. The lowest BCUT2D eigenvalue weighted by Crippen LogP contribution is -2.59. The summed E-state index contributed by atoms with van der Waals surface area (Å²) >= 11 is 7.97. The number of aliphatic carboxylic acids is 1. The fourth-order valence-electron chi connectivity index (χ4n) is 3.18. The van der Waals surface area contributed by atoms with Crippen LogP contribution in [0.15, 0.2) is 12.5 Å². The molecule has 38 heavy (non-hydrogen) atoms. The number of carbonyl (C=O) groups is 6. The molecule has 0 fully saturated rings. The van der Waals surface area contributed by atoms with Crippen molar-refractivity contribution < 1.29 is 33.9 Å². The zero-order valence-corrected chi connectivity index (χ0v) is 23.3. The van der Waals surface area contributed by atoms with Crippen molar-refractivity contribution in [2.45, 2.75) is 64.3 Å². The standard InChI is InChI=1S/C22H35N7O7S2/c1-10(2)17(21(34)28-16(8-38)22(35)36)29-18(31)11(3)25-19(32)14(5-13-6-23-9-24-13)27-20(33)15(7-37)26-12(4)30/h6,9-11,14-17,37-38H,5,7-8H2,1-4H3,(H,23,24)(H,25,32)(H,26,30)(H,27,33)(H,28,34)(H,29,31)(H,35,36)/t11-,14-,15-,16-,17-/m0/s1. The highest BCUT2D eigenvalue weighted by molar-refractivity contribution is 7.80. The topological polar surface area (TPSA) is 211 Å². The first kappa shape index (κ1) is 32.8. The molecule has 0 aliphatic heterocycles. The Balaban J connectivity index is 2.95. The van der Waals surface area contributed by atoms with Gasteiger partial charge in [-0.3, -0.25) is 24.0 Å². The van der Waals surface area contributed by atoms with Crippen molar-refractivity contribution in [2.75, 3.05) is 11.5 Å². The summed E-state index contributed by atoms with van der Waals surface area (Å²) in [5, 5.41) is 21.5. The molecule has 14 nitrogen and oxygen atoms in total. The third kappa shape index (κ3) is 10.6. The number of H-pyrrole nitrogens is 1. The number of imidazole rings is 1. The van der Waals surface area contributed by atoms with Crippen molar-refractivity contribution in [1.29, 1.82) is 0 Å². The molecule has 1 aromatic heterocycles. The molecule has 0 saturated carbocycles. The first-order chi connectivity index (χ1) is 17.8. The Morgan fingerprint density at radius 3 is 1.89 bits per heavy atom. The number of carboxylic acids is 1. The molecule has 1 rings (SSSR count). The molecular weight excluding hydrogens is 538 g/mol. The van der Waals surface area contributed by atoms with Gasteiger partial charge in [0.1, 0.15) is 30.2 Å². The van der Waals surface area contributed by atoms with Gasteiger partial charge >= 0.3 is 5.97 Å². The predicted molar refractivity (Wildman–Crippen MR) is 143 cm³/mol. The number of carbonyl (C=O) groups excluding carboxylic acids is 5. The average Bonchev–Trinajstić information content (AvgIpc) is 3.35. The van der Waals surface area contributed by atoms with E-state index in [1.54, 1.807) is 13.8 Å². The van der Waals surface area contributed by atoms with E-state index in [1.165, 1.54) is 26.4 Å². The van der Waals surface area contributed by atoms with Crippen LogP contribution < -0.4 is 26.6 Å². The van der Waals surface area contributed by atoms with Crippen molar-refractivity contribution in [3.05, 3.63) is 18.2 Å². The molecule has 5 amide bonds. The van der Waals surface area contributed by atoms with Crippen LogP contribution in [0.1, 0.15) is 33.4 Å². The summed E-state index contributed by atoms with van der Waals surface area (Å²) in [5.74, 6) is -5.07. The van der Waals surface area contributed by atoms with E-state index in [2.05, 4.69) is 61.8 Å². The lowest BCUT2D eigenvalue weighted by molar-refractivity contribution is -0.142. The molecule has 0 radical (unpaired) electrons. The van der Waals surface area contributed by atoms with Gasteiger partial charge < -0.3 is 36.7 Å². The molecule has 16 heteroatoms. The number of rotatable bonds is 15. The Labute approximate surface area is 231 Å². The second kappa shape index (κ2) is 15.9. The second-order valence-corrected chi connectivity index (χ2v) is 9.55. The largest absolute Gasteiger partial charge is 0.480 e. The summed E-state index contributed by atoms with van der Waals surface area (Å²) in [6.07, 6.45) is 2.87. The summed E-state index contributed by atoms with van der Waals surface area (Å²) < 4.78 is 0. The number of nitrogens with one attached hydrogen (secondary N) is 6. The maximum Gasteiger partial charge on any atom is 0.327 e. The van der Waals surface area contributed by atoms with Crippen molar-refractivity contribution in [1.82, 2.24) is 36.6 Å². The van der Waals surface area contributed by atoms with Gasteiger partial charge in [-0.05, 0) is 12.8 Å². The first-order valence-corrected chi connectivity index (χ1v) is 13.0. The third-order valence-electron chi connectivity index (χ3n) is 5.28. The molecular formula is C22H35N7O7S2. The second-order valence-electron chi connectivity index (χ2n) is 8.82. The highest BCUT2D eigenvalue weighted by atomic mass is 32.1. The van der Waals surface area contributed by atoms with Gasteiger partial charge in [0.15, 0.2) is 0 Å². The van der Waals surface area contributed by atoms with Crippen LogP contribution >= 0.6 is 25.3 Å². The quantitative estimate of drug-likeness (QED) is 0.107. The van der Waals surface area contributed by atoms with Crippen LogP contribution in [0.5, 0.6) is 0 Å². The van der Waals surface area contributed by atoms with Crippen molar-refractivity contribution >= 4 is 60.8 Å². The third-order valence-corrected chi connectivity index (χ3v) is 6.01. The molecule has 0 aromatic carbocycles. The molecule has 212 valence electrons. The minimum absolute atomic E-state index is 0.00258. The van der Waals surface area contributed by atoms with Gasteiger partial charge in [-0.1, -0.05) is 13.8 Å². The smallest absolute Gasteiger partial charge is 0.327 e. The summed E-state index contributed by atoms with van der Waals surface area (Å²) in [6, 6.07) is -5.60. The number of carboxylic acid groups (broad SMARTS) is 1. The Hall–Kier alpha value is -3.27. The van der Waals surface area contributed by atoms with Crippen LogP contribution in [0, 0.1) is 5.92 Å². The Bertz CT molecular complexity index is 991. The monoisotopic (exact) mass is 573 g/mol. The maximum atomic E-state index is 13.1. The highest BCUT2D eigenvalue weighted by Gasteiger charge is 2.31. The van der Waals surface area contributed by atoms with E-state index in [4.69, 9.17) is 5.11 Å². The van der Waals surface area contributed by atoms with Crippen molar-refractivity contribution in [3.63, 3.8) is 0 Å². The van der Waals surface area contributed by atoms with Gasteiger partial charge in [0.05, 0.1) is 6.33 Å². The number of aromatic amines is 1. The lowest BCUT2D eigenvalue weighted by atomic mass is 10.0. The minimum Gasteiger partial charge on any atom is -0.480 e. The number of hydrogen-bond donors (Lipinski definition) is 9. The zero-order chi connectivity index (χ0) is 29.0. The molecule has 1 aromatic rings. The number of thiol groups is 2. The van der Waals surface area contributed by atoms with E-state index in [0.717, 1.165) is 0 Å². The van der Waals surface area contributed by atoms with Crippen molar-refractivity contribution in [2.24, 2.45) is 5.92 Å². The van der Waals surface area contributed by atoms with Gasteiger partial charge in [-0.25, -0.2) is 9.78 Å². The summed E-state index contributed by atoms with van der Waals surface area (Å²) in [6.45, 7) is 5.95. The van der Waals surface area contributed by atoms with Crippen LogP contribution in [0.3, 0.4) is 0 Å². The molecule has 1 heterocycles. The van der Waals surface area contributed by atoms with E-state index in [9.17, 15) is 28.8 Å². The van der Waals surface area contributed by atoms with Crippen LogP contribution in [0.4, 0.5) is 0 Å². The van der Waals surface area contributed by atoms with E-state index in [0.29, 0.717) is 5.69 Å². The first-order valence-electron chi connectivity index (χ1n) is 11.7. The normalized spacial score (nSPS) is 14.8. The summed E-state index contributed by atoms with van der Waals surface area (Å²) in [4.78, 5) is 80.5. The van der Waals surface area contributed by atoms with Crippen LogP contribution in [0.25, 0.3) is 0 Å². The number of amides is 5.